The summed E-state index contributed by atoms with van der Waals surface area (Å²) in [6.45, 7) is 9.64. The molecule has 1 aliphatic heterocycles. The number of carboxylic acid groups (broad SMARTS) is 1. The third-order valence-electron chi connectivity index (χ3n) is 10.8. The van der Waals surface area contributed by atoms with Gasteiger partial charge in [-0.3, -0.25) is 38.6 Å². The van der Waals surface area contributed by atoms with Gasteiger partial charge in [0.15, 0.2) is 5.96 Å². The number of aliphatic carboxylic acids is 1. The number of rotatable bonds is 29. The van der Waals surface area contributed by atoms with E-state index in [1.807, 2.05) is 13.8 Å². The highest BCUT2D eigenvalue weighted by atomic mass is 16.4. The average molecular weight is 877 g/mol. The molecule has 15 N–H and O–H groups in total. The zero-order chi connectivity index (χ0) is 46.4. The second kappa shape index (κ2) is 27.6. The highest BCUT2D eigenvalue weighted by molar-refractivity contribution is 5.95. The summed E-state index contributed by atoms with van der Waals surface area (Å²) in [5.41, 5.74) is 17.3. The largest absolute Gasteiger partial charge is 0.480 e. The van der Waals surface area contributed by atoms with Gasteiger partial charge in [0.2, 0.25) is 35.4 Å². The standard InChI is InChI=1S/C40H72N14O8/c1-7-24(4)33(53-36(58)32(23(2)3)52-34(56)28(51-31(55)21-44-6)13-10-16-46-40(42)43)37(59)50-26(12-8-9-15-41)20-47-29(18-27-19-45-22-48-27)38(60)54-17-11-14-30(54)35(57)49-25(5)39(61)62/h19,22-26,28-30,32-33,44,47H,7-18,20-21,41H2,1-6H3,(H,45,48)(H,49,57)(H,50,59)(H,51,55)(H,52,56)(H,53,58)(H,61,62)(H4,42,43,46)/t24-,25+,26-,28-,29-,30-,32-,33-/m0/s1. The molecule has 1 aliphatic rings. The molecule has 2 rings (SSSR count). The van der Waals surface area contributed by atoms with Crippen LogP contribution < -0.4 is 54.4 Å². The van der Waals surface area contributed by atoms with Gasteiger partial charge in [-0.15, -0.1) is 0 Å². The van der Waals surface area contributed by atoms with Gasteiger partial charge in [0, 0.05) is 44.0 Å². The lowest BCUT2D eigenvalue weighted by atomic mass is 9.95. The van der Waals surface area contributed by atoms with Gasteiger partial charge in [-0.1, -0.05) is 40.5 Å². The SMILES string of the molecule is CC[C@H](C)[C@H](NC(=O)[C@@H](NC(=O)[C@H](CCCN=C(N)N)NC(=O)CNC)C(C)C)C(=O)N[C@@H](CCCCN)CN[C@@H](Cc1cnc[nH]1)C(=O)N1CCC[C@H]1C(=O)N[C@H](C)C(=O)O. The molecule has 1 fully saturated rings. The predicted molar refractivity (Wildman–Crippen MR) is 233 cm³/mol. The smallest absolute Gasteiger partial charge is 0.325 e. The number of likely N-dealkylation sites (N-methyl/N-ethyl adjacent to an activating group) is 1. The number of unbranched alkanes of at least 4 members (excludes halogenated alkanes) is 1. The number of carboxylic acids is 1. The number of nitrogens with one attached hydrogen (secondary N) is 8. The van der Waals surface area contributed by atoms with E-state index in [0.29, 0.717) is 63.7 Å². The second-order valence-electron chi connectivity index (χ2n) is 16.2. The molecule has 0 radical (unpaired) electrons. The first-order chi connectivity index (χ1) is 29.4. The van der Waals surface area contributed by atoms with Crippen molar-refractivity contribution in [1.29, 1.82) is 0 Å². The maximum Gasteiger partial charge on any atom is 0.325 e. The molecule has 1 aromatic heterocycles. The predicted octanol–water partition coefficient (Wildman–Crippen LogP) is -2.47. The number of hydrogen-bond donors (Lipinski definition) is 12. The van der Waals surface area contributed by atoms with Crippen LogP contribution in [-0.2, 0) is 40.0 Å². The summed E-state index contributed by atoms with van der Waals surface area (Å²) >= 11 is 0. The molecule has 22 nitrogen and oxygen atoms in total. The number of amides is 6. The summed E-state index contributed by atoms with van der Waals surface area (Å²) in [6.07, 6.45) is 7.09. The van der Waals surface area contributed by atoms with Gasteiger partial charge in [-0.25, -0.2) is 4.98 Å². The first-order valence-electron chi connectivity index (χ1n) is 21.6. The van der Waals surface area contributed by atoms with Crippen molar-refractivity contribution >= 4 is 47.4 Å². The summed E-state index contributed by atoms with van der Waals surface area (Å²) in [5.74, 6) is -5.00. The Kier molecular flexibility index (Phi) is 23.5. The van der Waals surface area contributed by atoms with Crippen molar-refractivity contribution in [2.24, 2.45) is 34.0 Å². The lowest BCUT2D eigenvalue weighted by molar-refractivity contribution is -0.144. The Labute approximate surface area is 364 Å². The molecule has 2 heterocycles. The number of guanidine groups is 1. The van der Waals surface area contributed by atoms with E-state index in [9.17, 15) is 38.7 Å². The molecule has 62 heavy (non-hydrogen) atoms. The number of H-pyrrole nitrogens is 1. The van der Waals surface area contributed by atoms with Gasteiger partial charge in [0.25, 0.3) is 0 Å². The third kappa shape index (κ3) is 17.9. The number of aliphatic imine (C=N–C) groups is 1. The van der Waals surface area contributed by atoms with E-state index in [0.717, 1.165) is 0 Å². The lowest BCUT2D eigenvalue weighted by Crippen LogP contribution is -2.60. The second-order valence-corrected chi connectivity index (χ2v) is 16.2. The molecule has 0 aliphatic carbocycles. The van der Waals surface area contributed by atoms with Crippen molar-refractivity contribution in [3.8, 4) is 0 Å². The number of carbonyl (C=O) groups is 7. The molecule has 6 amide bonds. The number of nitrogens with zero attached hydrogens (tertiary/aromatic N) is 3. The molecule has 22 heteroatoms. The van der Waals surface area contributed by atoms with Crippen LogP contribution >= 0.6 is 0 Å². The Balaban J connectivity index is 2.30. The fraction of sp³-hybridized carbons (Fsp3) is 0.725. The molecule has 8 atom stereocenters. The molecule has 0 spiro atoms. The van der Waals surface area contributed by atoms with Gasteiger partial charge in [-0.2, -0.15) is 0 Å². The van der Waals surface area contributed by atoms with Crippen LogP contribution in [0.1, 0.15) is 91.7 Å². The quantitative estimate of drug-likeness (QED) is 0.0226. The molecule has 0 unspecified atom stereocenters. The van der Waals surface area contributed by atoms with Crippen molar-refractivity contribution in [1.82, 2.24) is 52.1 Å². The van der Waals surface area contributed by atoms with Crippen molar-refractivity contribution in [2.75, 3.05) is 39.8 Å². The molecule has 1 saturated heterocycles. The molecule has 0 saturated carbocycles. The highest BCUT2D eigenvalue weighted by Gasteiger charge is 2.39. The normalized spacial score (nSPS) is 17.1. The Bertz CT molecular complexity index is 1620. The number of aromatic amines is 1. The number of hydrogen-bond acceptors (Lipinski definition) is 12. The van der Waals surface area contributed by atoms with E-state index in [4.69, 9.17) is 17.2 Å². The molecular formula is C40H72N14O8. The van der Waals surface area contributed by atoms with Gasteiger partial charge in [0.1, 0.15) is 30.2 Å². The summed E-state index contributed by atoms with van der Waals surface area (Å²) in [4.78, 5) is 105. The van der Waals surface area contributed by atoms with Crippen LogP contribution in [-0.4, -0.2) is 149 Å². The fourth-order valence-corrected chi connectivity index (χ4v) is 6.99. The van der Waals surface area contributed by atoms with Crippen LogP contribution in [0.2, 0.25) is 0 Å². The lowest BCUT2D eigenvalue weighted by Gasteiger charge is -2.32. The van der Waals surface area contributed by atoms with Gasteiger partial charge >= 0.3 is 5.97 Å². The number of imidazole rings is 1. The third-order valence-corrected chi connectivity index (χ3v) is 10.8. The monoisotopic (exact) mass is 877 g/mol. The van der Waals surface area contributed by atoms with Crippen molar-refractivity contribution in [3.63, 3.8) is 0 Å². The minimum absolute atomic E-state index is 0.0331. The number of aromatic nitrogens is 2. The van der Waals surface area contributed by atoms with Crippen LogP contribution in [0.3, 0.4) is 0 Å². The Morgan fingerprint density at radius 3 is 2.21 bits per heavy atom. The van der Waals surface area contributed by atoms with Gasteiger partial charge < -0.3 is 69.4 Å². The van der Waals surface area contributed by atoms with Crippen molar-refractivity contribution in [3.05, 3.63) is 18.2 Å². The minimum atomic E-state index is -1.19. The Morgan fingerprint density at radius 1 is 0.919 bits per heavy atom. The summed E-state index contributed by atoms with van der Waals surface area (Å²) < 4.78 is 0. The Hall–Kier alpha value is -5.35. The van der Waals surface area contributed by atoms with Crippen LogP contribution in [0.5, 0.6) is 0 Å². The van der Waals surface area contributed by atoms with E-state index in [1.165, 1.54) is 18.2 Å². The van der Waals surface area contributed by atoms with E-state index in [-0.39, 0.29) is 50.3 Å². The summed E-state index contributed by atoms with van der Waals surface area (Å²) in [6, 6.07) is -6.43. The van der Waals surface area contributed by atoms with Crippen LogP contribution in [0.25, 0.3) is 0 Å². The summed E-state index contributed by atoms with van der Waals surface area (Å²) in [5, 5.41) is 29.3. The number of likely N-dealkylation sites (tertiary alicyclic amines) is 1. The van der Waals surface area contributed by atoms with Crippen molar-refractivity contribution < 1.29 is 38.7 Å². The van der Waals surface area contributed by atoms with Crippen molar-refractivity contribution in [2.45, 2.75) is 135 Å². The zero-order valence-electron chi connectivity index (χ0n) is 37.1. The van der Waals surface area contributed by atoms with Gasteiger partial charge in [0.05, 0.1) is 18.9 Å². The average Bonchev–Trinajstić information content (AvgIpc) is 3.94. The maximum absolute atomic E-state index is 14.2. The summed E-state index contributed by atoms with van der Waals surface area (Å²) in [7, 11) is 1.60. The molecule has 0 bridgehead atoms. The van der Waals surface area contributed by atoms with Crippen LogP contribution in [0.15, 0.2) is 17.5 Å². The topological polar surface area (TPSA) is 346 Å². The van der Waals surface area contributed by atoms with E-state index < -0.39 is 83.7 Å². The van der Waals surface area contributed by atoms with Crippen LogP contribution in [0, 0.1) is 11.8 Å². The minimum Gasteiger partial charge on any atom is -0.480 e. The first kappa shape index (κ1) is 52.8. The highest BCUT2D eigenvalue weighted by Crippen LogP contribution is 2.20. The molecule has 1 aromatic rings. The molecule has 350 valence electrons. The van der Waals surface area contributed by atoms with E-state index in [1.54, 1.807) is 27.1 Å². The molecular weight excluding hydrogens is 805 g/mol. The van der Waals surface area contributed by atoms with E-state index in [2.05, 4.69) is 52.2 Å². The zero-order valence-corrected chi connectivity index (χ0v) is 37.1. The fourth-order valence-electron chi connectivity index (χ4n) is 6.99. The maximum atomic E-state index is 14.2. The number of nitrogens with two attached hydrogens (primary N) is 3. The Morgan fingerprint density at radius 2 is 1.61 bits per heavy atom. The van der Waals surface area contributed by atoms with Crippen LogP contribution in [0.4, 0.5) is 0 Å². The first-order valence-corrected chi connectivity index (χ1v) is 21.6. The van der Waals surface area contributed by atoms with E-state index >= 15 is 0 Å². The van der Waals surface area contributed by atoms with Gasteiger partial charge in [-0.05, 0) is 70.9 Å². The molecule has 0 aromatic carbocycles. The number of carbonyl (C=O) groups excluding carboxylic acids is 6.